The van der Waals surface area contributed by atoms with Gasteiger partial charge in [-0.2, -0.15) is 4.57 Å². The zero-order chi connectivity index (χ0) is 26.2. The number of nitrogens with zero attached hydrogens (tertiary/aromatic N) is 7. The van der Waals surface area contributed by atoms with E-state index in [0.29, 0.717) is 0 Å². The number of hydrogen-bond donors (Lipinski definition) is 1. The van der Waals surface area contributed by atoms with Crippen molar-refractivity contribution in [3.63, 3.8) is 0 Å². The Balaban J connectivity index is 1.39. The van der Waals surface area contributed by atoms with Gasteiger partial charge in [-0.15, -0.1) is 13.7 Å². The topological polar surface area (TPSA) is 63.1 Å². The fraction of sp³-hybridized carbons (Fsp3) is 0.0303. The first-order valence-corrected chi connectivity index (χ1v) is 13.8. The molecule has 12 rings (SSSR count). The van der Waals surface area contributed by atoms with Crippen LogP contribution in [0, 0.1) is 0 Å². The first-order chi connectivity index (χ1) is 20.4. The molecule has 7 aliphatic rings. The second-order valence-corrected chi connectivity index (χ2v) is 11.2. The molecule has 1 spiro atoms. The Morgan fingerprint density at radius 1 is 0.488 bits per heavy atom. The summed E-state index contributed by atoms with van der Waals surface area (Å²) >= 11 is 0. The fourth-order valence-corrected chi connectivity index (χ4v) is 7.96. The Labute approximate surface area is 232 Å². The number of amidine groups is 6. The molecular weight excluding hydrogens is 508 g/mol. The molecule has 1 unspecified atom stereocenters. The minimum atomic E-state index is -0.892. The van der Waals surface area contributed by atoms with E-state index in [1.165, 1.54) is 0 Å². The zero-order valence-corrected chi connectivity index (χ0v) is 21.4. The van der Waals surface area contributed by atoms with Crippen molar-refractivity contribution in [1.29, 1.82) is 0 Å². The maximum atomic E-state index is 5.44. The average Bonchev–Trinajstić information content (AvgIpc) is 3.74. The number of benzene rings is 4. The van der Waals surface area contributed by atoms with Crippen molar-refractivity contribution in [2.24, 2.45) is 15.0 Å². The predicted molar refractivity (Wildman–Crippen MR) is 154 cm³/mol. The lowest BCUT2D eigenvalue weighted by Crippen LogP contribution is -2.73. The van der Waals surface area contributed by atoms with Gasteiger partial charge >= 0.3 is 5.91 Å². The highest BCUT2D eigenvalue weighted by molar-refractivity contribution is 6.28. The number of fused-ring (bicyclic) bond motifs is 12. The first kappa shape index (κ1) is 19.3. The van der Waals surface area contributed by atoms with E-state index in [1.54, 1.807) is 0 Å². The molecule has 8 nitrogen and oxygen atoms in total. The number of nitrogens with one attached hydrogen (secondary N) is 1. The van der Waals surface area contributed by atoms with Gasteiger partial charge in [-0.05, 0) is 48.5 Å². The van der Waals surface area contributed by atoms with Crippen LogP contribution in [0.3, 0.4) is 0 Å². The van der Waals surface area contributed by atoms with Gasteiger partial charge in [0.2, 0.25) is 23.3 Å². The van der Waals surface area contributed by atoms with Crippen molar-refractivity contribution in [1.82, 2.24) is 9.88 Å². The van der Waals surface area contributed by atoms with Gasteiger partial charge in [-0.3, -0.25) is 0 Å². The van der Waals surface area contributed by atoms with Crippen molar-refractivity contribution < 1.29 is 13.7 Å². The highest BCUT2D eigenvalue weighted by Crippen LogP contribution is 2.54. The lowest BCUT2D eigenvalue weighted by atomic mass is 10.1. The van der Waals surface area contributed by atoms with E-state index in [9.17, 15) is 0 Å². The van der Waals surface area contributed by atoms with E-state index in [4.69, 9.17) is 15.0 Å². The van der Waals surface area contributed by atoms with Crippen molar-refractivity contribution in [3.05, 3.63) is 130 Å². The molecule has 5 aromatic rings. The molecule has 7 aliphatic heterocycles. The molecule has 0 bridgehead atoms. The van der Waals surface area contributed by atoms with E-state index < -0.39 is 5.91 Å². The third kappa shape index (κ3) is 1.76. The van der Waals surface area contributed by atoms with Gasteiger partial charge in [-0.25, -0.2) is 5.32 Å². The summed E-state index contributed by atoms with van der Waals surface area (Å²) in [6.07, 6.45) is 0. The number of hydrogen-bond acceptors (Lipinski definition) is 4. The molecular formula is C33H17N8+3. The van der Waals surface area contributed by atoms with Crippen LogP contribution < -0.4 is 5.32 Å². The summed E-state index contributed by atoms with van der Waals surface area (Å²) in [6.45, 7) is 0. The monoisotopic (exact) mass is 525 g/mol. The maximum Gasteiger partial charge on any atom is 0.448 e. The second-order valence-electron chi connectivity index (χ2n) is 11.2. The molecule has 4 aromatic carbocycles. The fourth-order valence-electron chi connectivity index (χ4n) is 7.96. The summed E-state index contributed by atoms with van der Waals surface area (Å²) in [4.78, 5) is 16.3. The SMILES string of the molecule is c1ccc2c(c1)C1=Nc3c4ccccc4c4n3C35[N+]1=C2N=C1c2ccccc2C(=[N+]13)NC1=[N+]5C(=N4)c2ccccc21. The smallest absolute Gasteiger partial charge is 0.244 e. The highest BCUT2D eigenvalue weighted by atomic mass is 15.7. The Hall–Kier alpha value is -5.76. The normalized spacial score (nSPS) is 22.1. The first-order valence-electron chi connectivity index (χ1n) is 13.8. The van der Waals surface area contributed by atoms with Crippen molar-refractivity contribution >= 4 is 57.4 Å². The maximum absolute atomic E-state index is 5.44. The molecule has 0 fully saturated rings. The van der Waals surface area contributed by atoms with Gasteiger partial charge < -0.3 is 0 Å². The number of aliphatic imine (C=N–C) groups is 3. The van der Waals surface area contributed by atoms with Gasteiger partial charge in [0.15, 0.2) is 0 Å². The largest absolute Gasteiger partial charge is 0.448 e. The third-order valence-corrected chi connectivity index (χ3v) is 9.45. The van der Waals surface area contributed by atoms with Crippen molar-refractivity contribution in [2.45, 2.75) is 5.91 Å². The molecule has 8 heterocycles. The lowest BCUT2D eigenvalue weighted by Gasteiger charge is -2.41. The van der Waals surface area contributed by atoms with Crippen LogP contribution in [0.25, 0.3) is 10.8 Å². The molecule has 0 aliphatic carbocycles. The molecule has 0 saturated carbocycles. The van der Waals surface area contributed by atoms with E-state index in [-0.39, 0.29) is 0 Å². The molecule has 8 heteroatoms. The van der Waals surface area contributed by atoms with Crippen LogP contribution in [-0.2, 0) is 5.91 Å². The molecule has 186 valence electrons. The van der Waals surface area contributed by atoms with E-state index in [1.807, 2.05) is 0 Å². The quantitative estimate of drug-likeness (QED) is 0.308. The zero-order valence-electron chi connectivity index (χ0n) is 21.4. The van der Waals surface area contributed by atoms with Gasteiger partial charge in [-0.1, -0.05) is 63.5 Å². The predicted octanol–water partition coefficient (Wildman–Crippen LogP) is 3.77. The Kier molecular flexibility index (Phi) is 2.77. The van der Waals surface area contributed by atoms with Gasteiger partial charge in [0, 0.05) is 10.8 Å². The molecule has 0 radical (unpaired) electrons. The molecule has 1 N–H and O–H groups in total. The summed E-state index contributed by atoms with van der Waals surface area (Å²) in [5.74, 6) is 6.66. The summed E-state index contributed by atoms with van der Waals surface area (Å²) in [5, 5.41) is 6.06. The van der Waals surface area contributed by atoms with Crippen LogP contribution in [0.4, 0.5) is 11.6 Å². The van der Waals surface area contributed by atoms with Crippen LogP contribution in [0.5, 0.6) is 0 Å². The Morgan fingerprint density at radius 2 is 0.927 bits per heavy atom. The van der Waals surface area contributed by atoms with Crippen LogP contribution >= 0.6 is 0 Å². The molecule has 0 saturated heterocycles. The van der Waals surface area contributed by atoms with E-state index in [0.717, 1.165) is 90.8 Å². The van der Waals surface area contributed by atoms with Gasteiger partial charge in [0.1, 0.15) is 0 Å². The number of rotatable bonds is 0. The van der Waals surface area contributed by atoms with Crippen LogP contribution in [0.15, 0.2) is 112 Å². The highest BCUT2D eigenvalue weighted by Gasteiger charge is 2.74. The lowest BCUT2D eigenvalue weighted by molar-refractivity contribution is -0.958. The van der Waals surface area contributed by atoms with Crippen LogP contribution in [0.2, 0.25) is 0 Å². The minimum absolute atomic E-state index is 0.892. The second kappa shape index (κ2) is 5.88. The summed E-state index contributed by atoms with van der Waals surface area (Å²) < 4.78 is 9.48. The standard InChI is InChI=1S/C33H16N8/c1-2-10-18-17(9-1)25-34-27-19-11-3-4-12-20(19)29-36-31-23-15-7-8-16-24(23)32-37-30-22-14-6-5-13-21(22)28-35-26(18)38(25)33(39(27)29,40(28)30)41(31)32/h1-16H/q+2/p+1. The van der Waals surface area contributed by atoms with E-state index in [2.05, 4.69) is 121 Å². The number of aromatic nitrogens is 1. The molecule has 0 amide bonds. The summed E-state index contributed by atoms with van der Waals surface area (Å²) in [7, 11) is 0. The van der Waals surface area contributed by atoms with Gasteiger partial charge in [0.25, 0.3) is 23.3 Å². The minimum Gasteiger partial charge on any atom is -0.244 e. The summed E-state index contributed by atoms with van der Waals surface area (Å²) in [6, 6.07) is 34.2. The molecule has 41 heavy (non-hydrogen) atoms. The third-order valence-electron chi connectivity index (χ3n) is 9.45. The summed E-state index contributed by atoms with van der Waals surface area (Å²) in [5.41, 5.74) is 6.69. The van der Waals surface area contributed by atoms with Crippen molar-refractivity contribution in [3.8, 4) is 0 Å². The van der Waals surface area contributed by atoms with Gasteiger partial charge in [0.05, 0.1) is 33.4 Å². The Morgan fingerprint density at radius 3 is 1.51 bits per heavy atom. The average molecular weight is 526 g/mol. The molecule has 1 atom stereocenters. The molecule has 1 aromatic heterocycles. The van der Waals surface area contributed by atoms with Crippen LogP contribution in [0.1, 0.15) is 33.4 Å². The van der Waals surface area contributed by atoms with Crippen LogP contribution in [-0.4, -0.2) is 53.3 Å². The van der Waals surface area contributed by atoms with Crippen molar-refractivity contribution in [2.75, 3.05) is 0 Å². The Bertz CT molecular complexity index is 2410. The van der Waals surface area contributed by atoms with E-state index >= 15 is 0 Å².